The molecule has 3 rings (SSSR count). The minimum atomic E-state index is 0.0603. The van der Waals surface area contributed by atoms with Gasteiger partial charge in [-0.05, 0) is 18.9 Å². The van der Waals surface area contributed by atoms with Crippen molar-refractivity contribution >= 4 is 5.91 Å². The molecule has 0 saturated heterocycles. The van der Waals surface area contributed by atoms with Crippen LogP contribution in [0.4, 0.5) is 0 Å². The number of nitrogens with zero attached hydrogens (tertiary/aromatic N) is 4. The van der Waals surface area contributed by atoms with Crippen LogP contribution in [0.2, 0.25) is 0 Å². The number of aryl methyl sites for hydroxylation is 1. The van der Waals surface area contributed by atoms with Gasteiger partial charge in [0.1, 0.15) is 0 Å². The lowest BCUT2D eigenvalue weighted by Crippen LogP contribution is -2.38. The molecule has 1 aliphatic carbocycles. The standard InChI is InChI=1S/C17H22N4O/c1-20-12-15(11-19-20)13-8-14(10-18-9-13)17(22)21(2)16-6-4-3-5-7-16/h8-12,16H,3-7H2,1-2H3. The van der Waals surface area contributed by atoms with Crippen molar-refractivity contribution in [3.05, 3.63) is 36.4 Å². The number of hydrogen-bond acceptors (Lipinski definition) is 3. The molecule has 0 spiro atoms. The third-order valence-electron chi connectivity index (χ3n) is 4.47. The normalized spacial score (nSPS) is 15.7. The van der Waals surface area contributed by atoms with Gasteiger partial charge < -0.3 is 4.90 Å². The van der Waals surface area contributed by atoms with Gasteiger partial charge in [0.2, 0.25) is 0 Å². The van der Waals surface area contributed by atoms with Crippen LogP contribution in [-0.4, -0.2) is 38.7 Å². The first-order valence-electron chi connectivity index (χ1n) is 7.86. The van der Waals surface area contributed by atoms with Crippen LogP contribution in [0.15, 0.2) is 30.9 Å². The molecule has 1 fully saturated rings. The van der Waals surface area contributed by atoms with Crippen LogP contribution in [0.25, 0.3) is 11.1 Å². The smallest absolute Gasteiger partial charge is 0.255 e. The van der Waals surface area contributed by atoms with E-state index in [0.717, 1.165) is 24.0 Å². The SMILES string of the molecule is CN(C(=O)c1cncc(-c2cnn(C)c2)c1)C1CCCCC1. The molecule has 0 aromatic carbocycles. The molecule has 5 nitrogen and oxygen atoms in total. The fraction of sp³-hybridized carbons (Fsp3) is 0.471. The van der Waals surface area contributed by atoms with Crippen molar-refractivity contribution in [3.8, 4) is 11.1 Å². The van der Waals surface area contributed by atoms with Gasteiger partial charge >= 0.3 is 0 Å². The molecule has 1 aliphatic rings. The summed E-state index contributed by atoms with van der Waals surface area (Å²) >= 11 is 0. The zero-order valence-electron chi connectivity index (χ0n) is 13.2. The molecule has 116 valence electrons. The highest BCUT2D eigenvalue weighted by Gasteiger charge is 2.23. The topological polar surface area (TPSA) is 51.0 Å². The highest BCUT2D eigenvalue weighted by atomic mass is 16.2. The molecule has 1 saturated carbocycles. The summed E-state index contributed by atoms with van der Waals surface area (Å²) in [5.41, 5.74) is 2.55. The summed E-state index contributed by atoms with van der Waals surface area (Å²) in [6, 6.07) is 2.27. The lowest BCUT2D eigenvalue weighted by molar-refractivity contribution is 0.0696. The Morgan fingerprint density at radius 1 is 1.18 bits per heavy atom. The van der Waals surface area contributed by atoms with Crippen molar-refractivity contribution in [2.75, 3.05) is 7.05 Å². The van der Waals surface area contributed by atoms with Crippen LogP contribution in [0.1, 0.15) is 42.5 Å². The third-order valence-corrected chi connectivity index (χ3v) is 4.47. The molecule has 0 unspecified atom stereocenters. The van der Waals surface area contributed by atoms with Crippen molar-refractivity contribution < 1.29 is 4.79 Å². The molecule has 22 heavy (non-hydrogen) atoms. The molecule has 0 bridgehead atoms. The van der Waals surface area contributed by atoms with Gasteiger partial charge in [-0.25, -0.2) is 0 Å². The summed E-state index contributed by atoms with van der Waals surface area (Å²) in [4.78, 5) is 18.8. The van der Waals surface area contributed by atoms with Gasteiger partial charge in [0, 0.05) is 49.9 Å². The number of aromatic nitrogens is 3. The zero-order valence-corrected chi connectivity index (χ0v) is 13.2. The van der Waals surface area contributed by atoms with Crippen LogP contribution in [0.5, 0.6) is 0 Å². The summed E-state index contributed by atoms with van der Waals surface area (Å²) < 4.78 is 1.75. The fourth-order valence-corrected chi connectivity index (χ4v) is 3.12. The van der Waals surface area contributed by atoms with Crippen molar-refractivity contribution in [2.45, 2.75) is 38.1 Å². The molecule has 5 heteroatoms. The first-order valence-corrected chi connectivity index (χ1v) is 7.86. The molecule has 2 heterocycles. The second-order valence-corrected chi connectivity index (χ2v) is 6.07. The average molecular weight is 298 g/mol. The van der Waals surface area contributed by atoms with Crippen molar-refractivity contribution in [3.63, 3.8) is 0 Å². The maximum atomic E-state index is 12.7. The molecule has 0 atom stereocenters. The van der Waals surface area contributed by atoms with Gasteiger partial charge in [-0.15, -0.1) is 0 Å². The van der Waals surface area contributed by atoms with Crippen LogP contribution >= 0.6 is 0 Å². The monoisotopic (exact) mass is 298 g/mol. The zero-order chi connectivity index (χ0) is 15.5. The van der Waals surface area contributed by atoms with Crippen LogP contribution in [0.3, 0.4) is 0 Å². The molecular formula is C17H22N4O. The Morgan fingerprint density at radius 3 is 2.64 bits per heavy atom. The van der Waals surface area contributed by atoms with E-state index in [1.165, 1.54) is 19.3 Å². The molecular weight excluding hydrogens is 276 g/mol. The van der Waals surface area contributed by atoms with Gasteiger partial charge in [0.25, 0.3) is 5.91 Å². The highest BCUT2D eigenvalue weighted by Crippen LogP contribution is 2.24. The highest BCUT2D eigenvalue weighted by molar-refractivity contribution is 5.95. The molecule has 0 radical (unpaired) electrons. The van der Waals surface area contributed by atoms with Gasteiger partial charge in [-0.1, -0.05) is 19.3 Å². The van der Waals surface area contributed by atoms with E-state index in [1.54, 1.807) is 23.3 Å². The van der Waals surface area contributed by atoms with E-state index >= 15 is 0 Å². The van der Waals surface area contributed by atoms with Crippen LogP contribution < -0.4 is 0 Å². The van der Waals surface area contributed by atoms with Crippen LogP contribution in [0, 0.1) is 0 Å². The Morgan fingerprint density at radius 2 is 1.95 bits per heavy atom. The van der Waals surface area contributed by atoms with E-state index in [-0.39, 0.29) is 5.91 Å². The summed E-state index contributed by atoms with van der Waals surface area (Å²) in [7, 11) is 3.79. The Balaban J connectivity index is 1.80. The summed E-state index contributed by atoms with van der Waals surface area (Å²) in [6.45, 7) is 0. The number of rotatable bonds is 3. The third kappa shape index (κ3) is 3.03. The number of carbonyl (C=O) groups excluding carboxylic acids is 1. The van der Waals surface area contributed by atoms with E-state index in [2.05, 4.69) is 10.1 Å². The minimum absolute atomic E-state index is 0.0603. The van der Waals surface area contributed by atoms with Crippen molar-refractivity contribution in [1.82, 2.24) is 19.7 Å². The van der Waals surface area contributed by atoms with Gasteiger partial charge in [-0.3, -0.25) is 14.5 Å². The van der Waals surface area contributed by atoms with Crippen LogP contribution in [-0.2, 0) is 7.05 Å². The summed E-state index contributed by atoms with van der Waals surface area (Å²) in [6.07, 6.45) is 13.1. The van der Waals surface area contributed by atoms with Crippen molar-refractivity contribution in [1.29, 1.82) is 0 Å². The Bertz CT molecular complexity index is 658. The van der Waals surface area contributed by atoms with Crippen molar-refractivity contribution in [2.24, 2.45) is 7.05 Å². The summed E-state index contributed by atoms with van der Waals surface area (Å²) in [5, 5.41) is 4.17. The predicted molar refractivity (Wildman–Crippen MR) is 85.4 cm³/mol. The Hall–Kier alpha value is -2.17. The largest absolute Gasteiger partial charge is 0.339 e. The number of amides is 1. The van der Waals surface area contributed by atoms with E-state index in [9.17, 15) is 4.79 Å². The van der Waals surface area contributed by atoms with Gasteiger partial charge in [0.05, 0.1) is 11.8 Å². The molecule has 0 N–H and O–H groups in total. The molecule has 1 amide bonds. The van der Waals surface area contributed by atoms with Gasteiger partial charge in [-0.2, -0.15) is 5.10 Å². The van der Waals surface area contributed by atoms with E-state index < -0.39 is 0 Å². The maximum Gasteiger partial charge on any atom is 0.255 e. The van der Waals surface area contributed by atoms with Gasteiger partial charge in [0.15, 0.2) is 0 Å². The Kier molecular flexibility index (Phi) is 4.22. The molecule has 0 aliphatic heterocycles. The van der Waals surface area contributed by atoms with E-state index in [0.29, 0.717) is 11.6 Å². The second-order valence-electron chi connectivity index (χ2n) is 6.07. The quantitative estimate of drug-likeness (QED) is 0.875. The lowest BCUT2D eigenvalue weighted by atomic mass is 9.94. The first kappa shape index (κ1) is 14.8. The Labute approximate surface area is 131 Å². The van der Waals surface area contributed by atoms with E-state index in [1.807, 2.05) is 31.3 Å². The number of pyridine rings is 1. The first-order chi connectivity index (χ1) is 10.6. The molecule has 2 aromatic heterocycles. The lowest BCUT2D eigenvalue weighted by Gasteiger charge is -2.31. The second kappa shape index (κ2) is 6.30. The minimum Gasteiger partial charge on any atom is -0.339 e. The predicted octanol–water partition coefficient (Wildman–Crippen LogP) is 2.89. The van der Waals surface area contributed by atoms with E-state index in [4.69, 9.17) is 0 Å². The molecule has 2 aromatic rings. The maximum absolute atomic E-state index is 12.7. The number of hydrogen-bond donors (Lipinski definition) is 0. The fourth-order valence-electron chi connectivity index (χ4n) is 3.12. The summed E-state index contributed by atoms with van der Waals surface area (Å²) in [5.74, 6) is 0.0603. The average Bonchev–Trinajstić information content (AvgIpc) is 3.01. The number of carbonyl (C=O) groups is 1.